The summed E-state index contributed by atoms with van der Waals surface area (Å²) in [6, 6.07) is 18.0. The zero-order valence-electron chi connectivity index (χ0n) is 22.2. The first kappa shape index (κ1) is 31.9. The van der Waals surface area contributed by atoms with E-state index in [1.807, 2.05) is 30.3 Å². The van der Waals surface area contributed by atoms with Crippen LogP contribution in [-0.4, -0.2) is 49.4 Å². The Morgan fingerprint density at radius 3 is 2.41 bits per heavy atom. The summed E-state index contributed by atoms with van der Waals surface area (Å²) in [6.07, 6.45) is 0.707. The Bertz CT molecular complexity index is 1390. The number of nitrogens with one attached hydrogen (secondary N) is 2. The van der Waals surface area contributed by atoms with Crippen molar-refractivity contribution in [3.05, 3.63) is 92.4 Å². The summed E-state index contributed by atoms with van der Waals surface area (Å²) in [6.45, 7) is 3.31. The van der Waals surface area contributed by atoms with Crippen LogP contribution in [0.1, 0.15) is 25.0 Å². The van der Waals surface area contributed by atoms with Crippen molar-refractivity contribution in [2.45, 2.75) is 32.4 Å². The van der Waals surface area contributed by atoms with Gasteiger partial charge < -0.3 is 19.5 Å². The standard InChI is InChI=1S/C29H28BrCl2N3O6/c1-3-39-27(36)17-40-25-11-9-20(13-22(25)30)16-33-35-29(38)24(14-19-7-5-4-6-8-19)34-28(37)18(2)41-26-12-10-21(31)15-23(26)32/h4-13,15-16,18,24H,3,14,17H2,1-2H3,(H,34,37)(H,35,38)/b33-16-/t18-,24+/m1/s1. The molecule has 41 heavy (non-hydrogen) atoms. The Morgan fingerprint density at radius 2 is 1.73 bits per heavy atom. The highest BCUT2D eigenvalue weighted by Gasteiger charge is 2.25. The largest absolute Gasteiger partial charge is 0.481 e. The molecule has 0 fully saturated rings. The number of ether oxygens (including phenoxy) is 3. The smallest absolute Gasteiger partial charge is 0.344 e. The molecule has 2 amide bonds. The van der Waals surface area contributed by atoms with E-state index in [9.17, 15) is 14.4 Å². The van der Waals surface area contributed by atoms with Gasteiger partial charge in [-0.25, -0.2) is 10.2 Å². The first-order valence-electron chi connectivity index (χ1n) is 12.5. The van der Waals surface area contributed by atoms with E-state index in [2.05, 4.69) is 31.8 Å². The zero-order chi connectivity index (χ0) is 29.8. The average Bonchev–Trinajstić information content (AvgIpc) is 2.94. The van der Waals surface area contributed by atoms with Gasteiger partial charge in [-0.3, -0.25) is 9.59 Å². The maximum Gasteiger partial charge on any atom is 0.344 e. The lowest BCUT2D eigenvalue weighted by atomic mass is 10.1. The predicted octanol–water partition coefficient (Wildman–Crippen LogP) is 5.34. The van der Waals surface area contributed by atoms with Crippen molar-refractivity contribution in [1.29, 1.82) is 0 Å². The second-order valence-electron chi connectivity index (χ2n) is 8.60. The molecule has 0 aliphatic heterocycles. The molecule has 0 saturated heterocycles. The van der Waals surface area contributed by atoms with E-state index in [4.69, 9.17) is 37.4 Å². The summed E-state index contributed by atoms with van der Waals surface area (Å²) in [4.78, 5) is 37.6. The van der Waals surface area contributed by atoms with Crippen LogP contribution in [0, 0.1) is 0 Å². The number of amides is 2. The molecule has 216 valence electrons. The minimum atomic E-state index is -0.954. The van der Waals surface area contributed by atoms with E-state index in [1.165, 1.54) is 12.3 Å². The third-order valence-electron chi connectivity index (χ3n) is 5.48. The fourth-order valence-corrected chi connectivity index (χ4v) is 4.43. The molecule has 0 unspecified atom stereocenters. The predicted molar refractivity (Wildman–Crippen MR) is 161 cm³/mol. The molecule has 3 aromatic rings. The van der Waals surface area contributed by atoms with Gasteiger partial charge in [0, 0.05) is 11.4 Å². The van der Waals surface area contributed by atoms with Gasteiger partial charge in [0.2, 0.25) is 0 Å². The van der Waals surface area contributed by atoms with Crippen LogP contribution >= 0.6 is 39.1 Å². The summed E-state index contributed by atoms with van der Waals surface area (Å²) < 4.78 is 16.6. The molecule has 0 spiro atoms. The molecule has 0 bridgehead atoms. The third-order valence-corrected chi connectivity index (χ3v) is 6.63. The van der Waals surface area contributed by atoms with Crippen LogP contribution in [-0.2, 0) is 25.5 Å². The highest BCUT2D eigenvalue weighted by Crippen LogP contribution is 2.28. The van der Waals surface area contributed by atoms with Crippen molar-refractivity contribution in [2.75, 3.05) is 13.2 Å². The molecule has 0 heterocycles. The van der Waals surface area contributed by atoms with E-state index in [0.29, 0.717) is 20.8 Å². The van der Waals surface area contributed by atoms with E-state index in [1.54, 1.807) is 44.2 Å². The van der Waals surface area contributed by atoms with Gasteiger partial charge in [0.1, 0.15) is 17.5 Å². The van der Waals surface area contributed by atoms with Crippen molar-refractivity contribution in [3.8, 4) is 11.5 Å². The quantitative estimate of drug-likeness (QED) is 0.145. The number of carbonyl (C=O) groups is 3. The topological polar surface area (TPSA) is 115 Å². The summed E-state index contributed by atoms with van der Waals surface area (Å²) in [7, 11) is 0. The summed E-state index contributed by atoms with van der Waals surface area (Å²) in [5, 5.41) is 7.47. The van der Waals surface area contributed by atoms with E-state index >= 15 is 0 Å². The molecular weight excluding hydrogens is 637 g/mol. The van der Waals surface area contributed by atoms with Gasteiger partial charge in [-0.15, -0.1) is 0 Å². The first-order chi connectivity index (χ1) is 19.7. The molecule has 0 saturated carbocycles. The molecular formula is C29H28BrCl2N3O6. The Kier molecular flexibility index (Phi) is 12.5. The van der Waals surface area contributed by atoms with Crippen LogP contribution in [0.2, 0.25) is 10.0 Å². The summed E-state index contributed by atoms with van der Waals surface area (Å²) in [5.41, 5.74) is 3.97. The average molecular weight is 665 g/mol. The van der Waals surface area contributed by atoms with E-state index in [-0.39, 0.29) is 30.4 Å². The van der Waals surface area contributed by atoms with Crippen LogP contribution < -0.4 is 20.2 Å². The summed E-state index contributed by atoms with van der Waals surface area (Å²) >= 11 is 15.5. The molecule has 12 heteroatoms. The minimum Gasteiger partial charge on any atom is -0.481 e. The van der Waals surface area contributed by atoms with E-state index < -0.39 is 29.9 Å². The molecule has 0 aliphatic carbocycles. The highest BCUT2D eigenvalue weighted by atomic mass is 79.9. The lowest BCUT2D eigenvalue weighted by Crippen LogP contribution is -2.50. The number of rotatable bonds is 13. The molecule has 2 N–H and O–H groups in total. The maximum atomic E-state index is 13.1. The lowest BCUT2D eigenvalue weighted by Gasteiger charge is -2.21. The van der Waals surface area contributed by atoms with Crippen molar-refractivity contribution in [1.82, 2.24) is 10.7 Å². The number of benzene rings is 3. The first-order valence-corrected chi connectivity index (χ1v) is 14.1. The number of esters is 1. The molecule has 3 rings (SSSR count). The Balaban J connectivity index is 1.64. The Morgan fingerprint density at radius 1 is 1.00 bits per heavy atom. The monoisotopic (exact) mass is 663 g/mol. The second kappa shape index (κ2) is 16.0. The normalized spacial score (nSPS) is 12.3. The number of carbonyl (C=O) groups excluding carboxylic acids is 3. The highest BCUT2D eigenvalue weighted by molar-refractivity contribution is 9.10. The van der Waals surface area contributed by atoms with Crippen LogP contribution in [0.15, 0.2) is 76.3 Å². The van der Waals surface area contributed by atoms with Gasteiger partial charge in [0.05, 0.1) is 22.3 Å². The molecule has 2 atom stereocenters. The zero-order valence-corrected chi connectivity index (χ0v) is 25.3. The molecule has 0 radical (unpaired) electrons. The minimum absolute atomic E-state index is 0.221. The molecule has 9 nitrogen and oxygen atoms in total. The Hall–Kier alpha value is -3.60. The van der Waals surface area contributed by atoms with Gasteiger partial charge in [-0.1, -0.05) is 53.5 Å². The molecule has 0 aliphatic rings. The van der Waals surface area contributed by atoms with Crippen molar-refractivity contribution >= 4 is 63.1 Å². The van der Waals surface area contributed by atoms with Crippen molar-refractivity contribution in [3.63, 3.8) is 0 Å². The molecule has 3 aromatic carbocycles. The molecule has 0 aromatic heterocycles. The van der Waals surface area contributed by atoms with Gasteiger partial charge in [-0.05, 0) is 77.3 Å². The fraction of sp³-hybridized carbons (Fsp3) is 0.241. The van der Waals surface area contributed by atoms with Crippen LogP contribution in [0.4, 0.5) is 0 Å². The maximum absolute atomic E-state index is 13.1. The number of nitrogens with zero attached hydrogens (tertiary/aromatic N) is 1. The van der Waals surface area contributed by atoms with Gasteiger partial charge in [0.25, 0.3) is 11.8 Å². The lowest BCUT2D eigenvalue weighted by molar-refractivity contribution is -0.145. The number of halogens is 3. The number of hydrazone groups is 1. The van der Waals surface area contributed by atoms with Gasteiger partial charge in [-0.2, -0.15) is 5.10 Å². The summed E-state index contributed by atoms with van der Waals surface area (Å²) in [5.74, 6) is -0.779. The van der Waals surface area contributed by atoms with Gasteiger partial charge in [0.15, 0.2) is 12.7 Å². The van der Waals surface area contributed by atoms with Crippen molar-refractivity contribution < 1.29 is 28.6 Å². The van der Waals surface area contributed by atoms with Crippen LogP contribution in [0.5, 0.6) is 11.5 Å². The number of hydrogen-bond donors (Lipinski definition) is 2. The number of hydrogen-bond acceptors (Lipinski definition) is 7. The fourth-order valence-electron chi connectivity index (χ4n) is 3.47. The van der Waals surface area contributed by atoms with Crippen LogP contribution in [0.3, 0.4) is 0 Å². The van der Waals surface area contributed by atoms with Gasteiger partial charge >= 0.3 is 5.97 Å². The third kappa shape index (κ3) is 10.4. The van der Waals surface area contributed by atoms with Crippen LogP contribution in [0.25, 0.3) is 0 Å². The van der Waals surface area contributed by atoms with Crippen molar-refractivity contribution in [2.24, 2.45) is 5.10 Å². The second-order valence-corrected chi connectivity index (χ2v) is 10.3. The Labute approximate surface area is 256 Å². The van der Waals surface area contributed by atoms with E-state index in [0.717, 1.165) is 5.56 Å². The SMILES string of the molecule is CCOC(=O)COc1ccc(/C=N\NC(=O)[C@H](Cc2ccccc2)NC(=O)[C@@H](C)Oc2ccc(Cl)cc2Cl)cc1Br.